The number of fused-ring (bicyclic) bond motifs is 2. The number of nitrogens with one attached hydrogen (secondary N) is 1. The van der Waals surface area contributed by atoms with Gasteiger partial charge in [-0.25, -0.2) is 4.98 Å². The molecule has 0 saturated carbocycles. The van der Waals surface area contributed by atoms with Crippen molar-refractivity contribution in [2.75, 3.05) is 13.1 Å². The van der Waals surface area contributed by atoms with Crippen molar-refractivity contribution in [3.63, 3.8) is 0 Å². The maximum Gasteiger partial charge on any atom is 0.253 e. The summed E-state index contributed by atoms with van der Waals surface area (Å²) in [6.07, 6.45) is 8.23. The number of aromatic nitrogens is 3. The molecule has 0 unspecified atom stereocenters. The van der Waals surface area contributed by atoms with Gasteiger partial charge < -0.3 is 14.3 Å². The van der Waals surface area contributed by atoms with Crippen molar-refractivity contribution in [1.29, 1.82) is 0 Å². The van der Waals surface area contributed by atoms with Gasteiger partial charge in [0.25, 0.3) is 5.91 Å². The predicted molar refractivity (Wildman–Crippen MR) is 137 cm³/mol. The number of benzene rings is 2. The highest BCUT2D eigenvalue weighted by Gasteiger charge is 2.26. The van der Waals surface area contributed by atoms with Crippen LogP contribution in [0.4, 0.5) is 0 Å². The van der Waals surface area contributed by atoms with E-state index in [1.54, 1.807) is 11.8 Å². The largest absolute Gasteiger partial charge is 0.361 e. The van der Waals surface area contributed by atoms with Gasteiger partial charge in [-0.2, -0.15) is 0 Å². The Labute approximate surface area is 202 Å². The number of H-pyrrole nitrogens is 1. The topological polar surface area (TPSA) is 53.4 Å². The molecule has 0 atom stereocenters. The monoisotopic (exact) mass is 466 g/mol. The van der Waals surface area contributed by atoms with Crippen molar-refractivity contribution in [3.05, 3.63) is 102 Å². The van der Waals surface area contributed by atoms with Crippen molar-refractivity contribution in [2.45, 2.75) is 29.4 Å². The zero-order chi connectivity index (χ0) is 22.9. The number of thioether (sulfide) groups is 1. The fourth-order valence-electron chi connectivity index (χ4n) is 4.92. The minimum absolute atomic E-state index is 0.134. The second-order valence-corrected chi connectivity index (χ2v) is 9.92. The van der Waals surface area contributed by atoms with E-state index in [1.807, 2.05) is 58.0 Å². The zero-order valence-electron chi connectivity index (χ0n) is 18.9. The van der Waals surface area contributed by atoms with Crippen LogP contribution in [0, 0.1) is 0 Å². The molecule has 5 nitrogen and oxygen atoms in total. The standard InChI is InChI=1S/C28H26N4OS/c33-28(31-15-12-20(13-16-31)25-17-29-26-6-2-1-5-24(25)26)21-8-10-23(11-9-21)34-19-22-18-32-14-4-3-7-27(32)30-22/h1-11,14,17-18,20,29H,12-13,15-16,19H2. The highest BCUT2D eigenvalue weighted by molar-refractivity contribution is 7.98. The fraction of sp³-hybridized carbons (Fsp3) is 0.214. The van der Waals surface area contributed by atoms with Crippen molar-refractivity contribution < 1.29 is 4.79 Å². The highest BCUT2D eigenvalue weighted by atomic mass is 32.2. The smallest absolute Gasteiger partial charge is 0.253 e. The van der Waals surface area contributed by atoms with Crippen LogP contribution in [-0.4, -0.2) is 38.3 Å². The van der Waals surface area contributed by atoms with E-state index in [4.69, 9.17) is 0 Å². The summed E-state index contributed by atoms with van der Waals surface area (Å²) in [7, 11) is 0. The highest BCUT2D eigenvalue weighted by Crippen LogP contribution is 2.33. The van der Waals surface area contributed by atoms with Crippen LogP contribution in [0.3, 0.4) is 0 Å². The number of piperidine rings is 1. The van der Waals surface area contributed by atoms with Gasteiger partial charge in [0.2, 0.25) is 0 Å². The van der Waals surface area contributed by atoms with Gasteiger partial charge >= 0.3 is 0 Å². The van der Waals surface area contributed by atoms with Gasteiger partial charge in [0, 0.05) is 58.8 Å². The molecule has 1 fully saturated rings. The Morgan fingerprint density at radius 2 is 1.79 bits per heavy atom. The lowest BCUT2D eigenvalue weighted by molar-refractivity contribution is 0.0713. The van der Waals surface area contributed by atoms with Gasteiger partial charge in [-0.15, -0.1) is 11.8 Å². The summed E-state index contributed by atoms with van der Waals surface area (Å²) >= 11 is 1.74. The average molecular weight is 467 g/mol. The number of imidazole rings is 1. The Morgan fingerprint density at radius 1 is 1.00 bits per heavy atom. The maximum atomic E-state index is 13.1. The number of rotatable bonds is 5. The first-order valence-corrected chi connectivity index (χ1v) is 12.7. The summed E-state index contributed by atoms with van der Waals surface area (Å²) in [4.78, 5) is 24.3. The molecule has 3 aromatic heterocycles. The summed E-state index contributed by atoms with van der Waals surface area (Å²) < 4.78 is 2.04. The van der Waals surface area contributed by atoms with Crippen molar-refractivity contribution in [2.24, 2.45) is 0 Å². The van der Waals surface area contributed by atoms with E-state index in [2.05, 4.69) is 46.6 Å². The molecule has 0 bridgehead atoms. The third-order valence-electron chi connectivity index (χ3n) is 6.75. The maximum absolute atomic E-state index is 13.1. The van der Waals surface area contributed by atoms with Crippen molar-refractivity contribution >= 4 is 34.2 Å². The summed E-state index contributed by atoms with van der Waals surface area (Å²) in [5, 5.41) is 1.31. The fourth-order valence-corrected chi connectivity index (χ4v) is 5.70. The summed E-state index contributed by atoms with van der Waals surface area (Å²) in [5.74, 6) is 1.43. The molecular weight excluding hydrogens is 440 g/mol. The molecule has 1 saturated heterocycles. The van der Waals surface area contributed by atoms with Gasteiger partial charge in [-0.05, 0) is 66.8 Å². The van der Waals surface area contributed by atoms with Crippen LogP contribution >= 0.6 is 11.8 Å². The zero-order valence-corrected chi connectivity index (χ0v) is 19.7. The SMILES string of the molecule is O=C(c1ccc(SCc2cn3ccccc3n2)cc1)N1CCC(c2c[nH]c3ccccc23)CC1. The molecule has 1 N–H and O–H groups in total. The van der Waals surface area contributed by atoms with Crippen LogP contribution in [0.15, 0.2) is 90.2 Å². The van der Waals surface area contributed by atoms with E-state index < -0.39 is 0 Å². The second-order valence-electron chi connectivity index (χ2n) is 8.87. The third kappa shape index (κ3) is 4.10. The Bertz CT molecular complexity index is 1410. The molecule has 4 heterocycles. The first-order chi connectivity index (χ1) is 16.7. The Hall–Kier alpha value is -3.51. The van der Waals surface area contributed by atoms with E-state index in [0.29, 0.717) is 5.92 Å². The number of hydrogen-bond donors (Lipinski definition) is 1. The van der Waals surface area contributed by atoms with E-state index in [-0.39, 0.29) is 5.91 Å². The van der Waals surface area contributed by atoms with Crippen molar-refractivity contribution in [3.8, 4) is 0 Å². The van der Waals surface area contributed by atoms with Gasteiger partial charge in [0.1, 0.15) is 5.65 Å². The molecule has 5 aromatic rings. The summed E-state index contributed by atoms with van der Waals surface area (Å²) in [6.45, 7) is 1.60. The number of hydrogen-bond acceptors (Lipinski definition) is 3. The minimum atomic E-state index is 0.134. The van der Waals surface area contributed by atoms with E-state index in [0.717, 1.165) is 53.5 Å². The Kier molecular flexibility index (Phi) is 5.59. The molecule has 0 aliphatic carbocycles. The number of para-hydroxylation sites is 1. The first kappa shape index (κ1) is 21.1. The molecule has 2 aromatic carbocycles. The molecule has 0 spiro atoms. The lowest BCUT2D eigenvalue weighted by Crippen LogP contribution is -2.37. The van der Waals surface area contributed by atoms with Crippen LogP contribution < -0.4 is 0 Å². The van der Waals surface area contributed by atoms with Gasteiger partial charge in [-0.3, -0.25) is 4.79 Å². The summed E-state index contributed by atoms with van der Waals surface area (Å²) in [6, 6.07) is 22.5. The predicted octanol–water partition coefficient (Wildman–Crippen LogP) is 6.13. The van der Waals surface area contributed by atoms with Crippen LogP contribution in [-0.2, 0) is 5.75 Å². The van der Waals surface area contributed by atoms with Crippen LogP contribution in [0.5, 0.6) is 0 Å². The third-order valence-corrected chi connectivity index (χ3v) is 7.79. The summed E-state index contributed by atoms with van der Waals surface area (Å²) in [5.41, 5.74) is 5.36. The van der Waals surface area contributed by atoms with Crippen LogP contribution in [0.2, 0.25) is 0 Å². The number of nitrogens with zero attached hydrogens (tertiary/aromatic N) is 3. The molecule has 1 aliphatic heterocycles. The molecule has 170 valence electrons. The molecule has 0 radical (unpaired) electrons. The second kappa shape index (κ2) is 9.03. The number of amides is 1. The lowest BCUT2D eigenvalue weighted by atomic mass is 9.89. The minimum Gasteiger partial charge on any atom is -0.361 e. The number of pyridine rings is 1. The first-order valence-electron chi connectivity index (χ1n) is 11.8. The van der Waals surface area contributed by atoms with E-state index >= 15 is 0 Å². The van der Waals surface area contributed by atoms with Crippen LogP contribution in [0.1, 0.15) is 40.4 Å². The number of carbonyl (C=O) groups is 1. The molecule has 6 rings (SSSR count). The average Bonchev–Trinajstić information content (AvgIpc) is 3.51. The van der Waals surface area contributed by atoms with Crippen LogP contribution in [0.25, 0.3) is 16.6 Å². The quantitative estimate of drug-likeness (QED) is 0.317. The molecule has 34 heavy (non-hydrogen) atoms. The number of aromatic amines is 1. The molecule has 1 aliphatic rings. The molecule has 6 heteroatoms. The Balaban J connectivity index is 1.06. The molecule has 1 amide bonds. The van der Waals surface area contributed by atoms with Gasteiger partial charge in [0.05, 0.1) is 5.69 Å². The molecular formula is C28H26N4OS. The van der Waals surface area contributed by atoms with E-state index in [1.165, 1.54) is 16.5 Å². The van der Waals surface area contributed by atoms with Gasteiger partial charge in [-0.1, -0.05) is 24.3 Å². The van der Waals surface area contributed by atoms with E-state index in [9.17, 15) is 4.79 Å². The Morgan fingerprint density at radius 3 is 2.62 bits per heavy atom. The van der Waals surface area contributed by atoms with Gasteiger partial charge in [0.15, 0.2) is 0 Å². The lowest BCUT2D eigenvalue weighted by Gasteiger charge is -2.32. The van der Waals surface area contributed by atoms with Crippen molar-refractivity contribution in [1.82, 2.24) is 19.3 Å². The normalized spacial score (nSPS) is 14.8. The number of carbonyl (C=O) groups excluding carboxylic acids is 1. The number of likely N-dealkylation sites (tertiary alicyclic amines) is 1.